The van der Waals surface area contributed by atoms with Crippen LogP contribution in [0.5, 0.6) is 5.88 Å². The predicted octanol–water partition coefficient (Wildman–Crippen LogP) is 4.13. The molecule has 3 heterocycles. The van der Waals surface area contributed by atoms with Crippen molar-refractivity contribution in [2.24, 2.45) is 5.41 Å². The molecule has 0 atom stereocenters. The number of pyridine rings is 1. The number of anilines is 1. The second-order valence-corrected chi connectivity index (χ2v) is 7.76. The van der Waals surface area contributed by atoms with Gasteiger partial charge < -0.3 is 10.1 Å². The summed E-state index contributed by atoms with van der Waals surface area (Å²) >= 11 is 0. The Bertz CT molecular complexity index is 1040. The molecule has 0 radical (unpaired) electrons. The summed E-state index contributed by atoms with van der Waals surface area (Å²) in [5.41, 5.74) is 3.07. The molecular weight excluding hydrogens is 359 g/mol. The molecule has 144 valence electrons. The molecule has 0 saturated heterocycles. The normalized spacial score (nSPS) is 14.9. The Kier molecular flexibility index (Phi) is 4.37. The van der Waals surface area contributed by atoms with E-state index in [-0.39, 0.29) is 17.1 Å². The number of carbonyl (C=O) groups is 1. The molecule has 0 fully saturated rings. The number of ether oxygens (including phenoxy) is 1. The minimum Gasteiger partial charge on any atom is -0.477 e. The first-order chi connectivity index (χ1) is 13.3. The fourth-order valence-electron chi connectivity index (χ4n) is 3.32. The van der Waals surface area contributed by atoms with Gasteiger partial charge in [-0.2, -0.15) is 5.10 Å². The summed E-state index contributed by atoms with van der Waals surface area (Å²) in [6.07, 6.45) is 1.63. The van der Waals surface area contributed by atoms with E-state index in [1.165, 1.54) is 19.1 Å². The summed E-state index contributed by atoms with van der Waals surface area (Å²) in [6, 6.07) is 9.87. The monoisotopic (exact) mass is 380 g/mol. The fraction of sp³-hybridized carbons (Fsp3) is 0.286. The van der Waals surface area contributed by atoms with Crippen LogP contribution in [0.15, 0.2) is 42.6 Å². The molecule has 0 saturated carbocycles. The van der Waals surface area contributed by atoms with Crippen molar-refractivity contribution in [3.63, 3.8) is 0 Å². The Morgan fingerprint density at radius 3 is 2.68 bits per heavy atom. The Balaban J connectivity index is 1.89. The van der Waals surface area contributed by atoms with Gasteiger partial charge in [-0.1, -0.05) is 13.8 Å². The van der Waals surface area contributed by atoms with Crippen LogP contribution in [0.1, 0.15) is 20.8 Å². The molecule has 28 heavy (non-hydrogen) atoms. The van der Waals surface area contributed by atoms with Gasteiger partial charge in [0.05, 0.1) is 18.7 Å². The van der Waals surface area contributed by atoms with Gasteiger partial charge >= 0.3 is 0 Å². The zero-order valence-corrected chi connectivity index (χ0v) is 16.0. The zero-order valence-electron chi connectivity index (χ0n) is 16.0. The van der Waals surface area contributed by atoms with Gasteiger partial charge in [0.2, 0.25) is 11.8 Å². The van der Waals surface area contributed by atoms with Crippen LogP contribution in [0.4, 0.5) is 10.2 Å². The number of carbonyl (C=O) groups excluding carboxylic acids is 1. The van der Waals surface area contributed by atoms with Crippen molar-refractivity contribution in [2.75, 3.05) is 11.9 Å². The van der Waals surface area contributed by atoms with E-state index < -0.39 is 0 Å². The molecule has 3 aromatic rings. The van der Waals surface area contributed by atoms with E-state index in [4.69, 9.17) is 9.84 Å². The summed E-state index contributed by atoms with van der Waals surface area (Å²) in [5, 5.41) is 7.47. The van der Waals surface area contributed by atoms with Gasteiger partial charge in [-0.25, -0.2) is 14.1 Å². The Labute approximate surface area is 162 Å². The number of nitrogens with zero attached hydrogens (tertiary/aromatic N) is 3. The molecule has 7 heteroatoms. The predicted molar refractivity (Wildman–Crippen MR) is 104 cm³/mol. The highest BCUT2D eigenvalue weighted by molar-refractivity contribution is 5.90. The van der Waals surface area contributed by atoms with Gasteiger partial charge in [0.25, 0.3) is 0 Å². The Morgan fingerprint density at radius 1 is 1.21 bits per heavy atom. The average Bonchev–Trinajstić information content (AvgIpc) is 2.99. The number of hydrogen-bond donors (Lipinski definition) is 1. The van der Waals surface area contributed by atoms with E-state index in [9.17, 15) is 9.18 Å². The van der Waals surface area contributed by atoms with E-state index in [0.717, 1.165) is 16.7 Å². The van der Waals surface area contributed by atoms with Crippen LogP contribution < -0.4 is 10.1 Å². The number of aromatic nitrogens is 3. The number of hydrogen-bond acceptors (Lipinski definition) is 4. The number of rotatable bonds is 3. The minimum atomic E-state index is -0.302. The Hall–Kier alpha value is -3.22. The van der Waals surface area contributed by atoms with Crippen molar-refractivity contribution < 1.29 is 13.9 Å². The lowest BCUT2D eigenvalue weighted by molar-refractivity contribution is -0.114. The molecule has 2 aromatic heterocycles. The third kappa shape index (κ3) is 3.47. The summed E-state index contributed by atoms with van der Waals surface area (Å²) in [7, 11) is 0. The van der Waals surface area contributed by atoms with Gasteiger partial charge in [0.1, 0.15) is 17.3 Å². The smallest absolute Gasteiger partial charge is 0.222 e. The van der Waals surface area contributed by atoms with Crippen LogP contribution in [0.3, 0.4) is 0 Å². The maximum Gasteiger partial charge on any atom is 0.222 e. The first-order valence-corrected chi connectivity index (χ1v) is 9.06. The highest BCUT2D eigenvalue weighted by Crippen LogP contribution is 2.43. The summed E-state index contributed by atoms with van der Waals surface area (Å²) in [4.78, 5) is 15.6. The van der Waals surface area contributed by atoms with E-state index in [0.29, 0.717) is 30.5 Å². The van der Waals surface area contributed by atoms with Crippen LogP contribution in [0.2, 0.25) is 0 Å². The third-order valence-electron chi connectivity index (χ3n) is 4.55. The molecule has 4 rings (SSSR count). The maximum atomic E-state index is 13.4. The molecule has 0 unspecified atom stereocenters. The van der Waals surface area contributed by atoms with Crippen LogP contribution in [-0.4, -0.2) is 27.3 Å². The van der Waals surface area contributed by atoms with Crippen LogP contribution in [0.25, 0.3) is 22.4 Å². The third-order valence-corrected chi connectivity index (χ3v) is 4.55. The molecule has 6 nitrogen and oxygen atoms in total. The lowest BCUT2D eigenvalue weighted by atomic mass is 9.94. The molecule has 0 aliphatic carbocycles. The minimum absolute atomic E-state index is 0.0457. The molecule has 0 spiro atoms. The Morgan fingerprint density at radius 2 is 1.96 bits per heavy atom. The highest BCUT2D eigenvalue weighted by atomic mass is 19.1. The summed E-state index contributed by atoms with van der Waals surface area (Å²) < 4.78 is 21.4. The van der Waals surface area contributed by atoms with E-state index in [1.54, 1.807) is 24.4 Å². The lowest BCUT2D eigenvalue weighted by Gasteiger charge is -2.30. The number of fused-ring (bicyclic) bond motifs is 1. The van der Waals surface area contributed by atoms with Crippen molar-refractivity contribution >= 4 is 11.7 Å². The van der Waals surface area contributed by atoms with Crippen molar-refractivity contribution in [3.8, 4) is 28.3 Å². The number of amides is 1. The first-order valence-electron chi connectivity index (χ1n) is 9.06. The maximum absolute atomic E-state index is 13.4. The van der Waals surface area contributed by atoms with Gasteiger partial charge in [-0.3, -0.25) is 4.79 Å². The van der Waals surface area contributed by atoms with E-state index in [1.807, 2.05) is 10.7 Å². The number of nitrogens with one attached hydrogen (secondary N) is 1. The van der Waals surface area contributed by atoms with Crippen molar-refractivity contribution in [1.29, 1.82) is 0 Å². The van der Waals surface area contributed by atoms with Crippen LogP contribution in [0, 0.1) is 11.2 Å². The summed E-state index contributed by atoms with van der Waals surface area (Å²) in [5.74, 6) is 0.617. The van der Waals surface area contributed by atoms with Gasteiger partial charge in [-0.15, -0.1) is 0 Å². The standard InChI is InChI=1S/C21H21FN4O2/c1-13(27)24-17-10-15(8-9-23-17)18-19(14-4-6-16(22)7-5-14)25-26-11-21(2,3)12-28-20(18)26/h4-10H,11-12H2,1-3H3,(H,23,24,27). The molecule has 1 aliphatic rings. The molecule has 1 aliphatic heterocycles. The van der Waals surface area contributed by atoms with Crippen molar-refractivity contribution in [1.82, 2.24) is 14.8 Å². The molecule has 1 amide bonds. The van der Waals surface area contributed by atoms with Gasteiger partial charge in [-0.05, 0) is 42.0 Å². The van der Waals surface area contributed by atoms with Gasteiger partial charge in [0, 0.05) is 24.1 Å². The number of benzene rings is 1. The number of halogens is 1. The van der Waals surface area contributed by atoms with Crippen LogP contribution in [-0.2, 0) is 11.3 Å². The second kappa shape index (κ2) is 6.74. The van der Waals surface area contributed by atoms with Crippen LogP contribution >= 0.6 is 0 Å². The summed E-state index contributed by atoms with van der Waals surface area (Å²) in [6.45, 7) is 6.95. The van der Waals surface area contributed by atoms with E-state index in [2.05, 4.69) is 24.1 Å². The SMILES string of the molecule is CC(=O)Nc1cc(-c2c(-c3ccc(F)cc3)nn3c2OCC(C)(C)C3)ccn1. The first kappa shape index (κ1) is 18.2. The highest BCUT2D eigenvalue weighted by Gasteiger charge is 2.32. The molecule has 0 bridgehead atoms. The lowest BCUT2D eigenvalue weighted by Crippen LogP contribution is -2.33. The molecule has 1 N–H and O–H groups in total. The molecular formula is C21H21FN4O2. The largest absolute Gasteiger partial charge is 0.477 e. The van der Waals surface area contributed by atoms with Gasteiger partial charge in [0.15, 0.2) is 0 Å². The zero-order chi connectivity index (χ0) is 19.9. The molecule has 1 aromatic carbocycles. The van der Waals surface area contributed by atoms with Crippen molar-refractivity contribution in [2.45, 2.75) is 27.3 Å². The second-order valence-electron chi connectivity index (χ2n) is 7.76. The topological polar surface area (TPSA) is 69.0 Å². The van der Waals surface area contributed by atoms with Crippen molar-refractivity contribution in [3.05, 3.63) is 48.4 Å². The van der Waals surface area contributed by atoms with E-state index >= 15 is 0 Å². The quantitative estimate of drug-likeness (QED) is 0.742. The fourth-order valence-corrected chi connectivity index (χ4v) is 3.32. The average molecular weight is 380 g/mol.